The van der Waals surface area contributed by atoms with Crippen molar-refractivity contribution in [3.63, 3.8) is 0 Å². The van der Waals surface area contributed by atoms with E-state index in [9.17, 15) is 5.11 Å². The third-order valence-electron chi connectivity index (χ3n) is 11.3. The fourth-order valence-electron chi connectivity index (χ4n) is 9.65. The molecule has 8 rings (SSSR count). The highest BCUT2D eigenvalue weighted by atomic mass is 16.5. The molecule has 1 N–H and O–H groups in total. The summed E-state index contributed by atoms with van der Waals surface area (Å²) in [5.74, 6) is 1.13. The van der Waals surface area contributed by atoms with Crippen LogP contribution in [-0.2, 0) is 4.74 Å². The van der Waals surface area contributed by atoms with Crippen molar-refractivity contribution in [3.05, 3.63) is 65.5 Å². The number of aromatic nitrogens is 1. The summed E-state index contributed by atoms with van der Waals surface area (Å²) in [5, 5.41) is 12.9. The zero-order chi connectivity index (χ0) is 24.3. The van der Waals surface area contributed by atoms with Gasteiger partial charge in [0.1, 0.15) is 0 Å². The lowest BCUT2D eigenvalue weighted by Gasteiger charge is -2.56. The van der Waals surface area contributed by atoms with Gasteiger partial charge in [0.05, 0.1) is 16.8 Å². The van der Waals surface area contributed by atoms with Crippen molar-refractivity contribution in [3.8, 4) is 0 Å². The second-order valence-corrected chi connectivity index (χ2v) is 13.5. The Hall–Kier alpha value is -2.01. The van der Waals surface area contributed by atoms with E-state index in [1.165, 1.54) is 41.2 Å². The molecule has 6 atom stereocenters. The first-order valence-corrected chi connectivity index (χ1v) is 14.2. The monoisotopic (exact) mass is 482 g/mol. The number of fused-ring (bicyclic) bond motifs is 2. The number of aliphatic hydroxyl groups is 1. The lowest BCUT2D eigenvalue weighted by molar-refractivity contribution is -0.157. The Morgan fingerprint density at radius 2 is 1.94 bits per heavy atom. The number of nitrogens with zero attached hydrogens (tertiary/aromatic N) is 2. The number of allylic oxidation sites excluding steroid dienone is 1. The van der Waals surface area contributed by atoms with E-state index in [2.05, 4.69) is 53.2 Å². The third-order valence-corrected chi connectivity index (χ3v) is 11.3. The van der Waals surface area contributed by atoms with E-state index >= 15 is 0 Å². The average Bonchev–Trinajstić information content (AvgIpc) is 3.37. The number of hydrogen-bond donors (Lipinski definition) is 1. The molecule has 2 spiro atoms. The van der Waals surface area contributed by atoms with Crippen LogP contribution in [0.2, 0.25) is 0 Å². The highest BCUT2D eigenvalue weighted by Crippen LogP contribution is 2.69. The lowest BCUT2D eigenvalue weighted by atomic mass is 9.58. The molecule has 2 saturated heterocycles. The van der Waals surface area contributed by atoms with Gasteiger partial charge in [-0.25, -0.2) is 0 Å². The molecule has 1 aromatic carbocycles. The van der Waals surface area contributed by atoms with Crippen molar-refractivity contribution in [2.75, 3.05) is 13.1 Å². The smallest absolute Gasteiger partial charge is 0.0974 e. The Morgan fingerprint density at radius 3 is 2.81 bits per heavy atom. The van der Waals surface area contributed by atoms with Crippen molar-refractivity contribution in [1.29, 1.82) is 0 Å². The summed E-state index contributed by atoms with van der Waals surface area (Å²) in [5.41, 5.74) is 4.08. The standard InChI is InChI=1S/C32H38N2O2/c1-29(35)19-34(20-29)26-6-5-24-16-25-9-11-30(2)27(22-4-3-21-10-14-33-18-23(21)15-22)7-8-28(30)32(25)13-12-31(24,17-26)36-32/h3-4,9-10,14-16,18,26-28,35H,5-8,11-13,17,19-20H2,1-2H3/t26?,27?,28-,30?,31-,32-/m1/s1. The molecule has 36 heavy (non-hydrogen) atoms. The van der Waals surface area contributed by atoms with Crippen LogP contribution in [0, 0.1) is 11.3 Å². The molecule has 3 aliphatic heterocycles. The molecule has 2 saturated carbocycles. The molecule has 4 fully saturated rings. The van der Waals surface area contributed by atoms with Crippen molar-refractivity contribution in [2.24, 2.45) is 11.3 Å². The maximum absolute atomic E-state index is 10.3. The zero-order valence-corrected chi connectivity index (χ0v) is 21.7. The van der Waals surface area contributed by atoms with Gasteiger partial charge in [-0.2, -0.15) is 0 Å². The van der Waals surface area contributed by atoms with Gasteiger partial charge in [0.2, 0.25) is 0 Å². The summed E-state index contributed by atoms with van der Waals surface area (Å²) in [4.78, 5) is 6.89. The molecule has 4 nitrogen and oxygen atoms in total. The first-order chi connectivity index (χ1) is 17.3. The van der Waals surface area contributed by atoms with Crippen LogP contribution in [0.1, 0.15) is 76.7 Å². The molecule has 6 aliphatic rings. The zero-order valence-electron chi connectivity index (χ0n) is 21.7. The molecule has 2 aromatic rings. The predicted octanol–water partition coefficient (Wildman–Crippen LogP) is 5.91. The molecule has 4 heterocycles. The molecular formula is C32H38N2O2. The fourth-order valence-corrected chi connectivity index (χ4v) is 9.65. The predicted molar refractivity (Wildman–Crippen MR) is 142 cm³/mol. The Labute approximate surface area is 214 Å². The molecule has 0 radical (unpaired) electrons. The van der Waals surface area contributed by atoms with Gasteiger partial charge in [0.25, 0.3) is 0 Å². The molecule has 2 bridgehead atoms. The summed E-state index contributed by atoms with van der Waals surface area (Å²) >= 11 is 0. The highest BCUT2D eigenvalue weighted by Gasteiger charge is 2.66. The van der Waals surface area contributed by atoms with Gasteiger partial charge in [0, 0.05) is 36.9 Å². The van der Waals surface area contributed by atoms with Crippen LogP contribution in [-0.4, -0.2) is 50.9 Å². The molecular weight excluding hydrogens is 444 g/mol. The van der Waals surface area contributed by atoms with Crippen molar-refractivity contribution < 1.29 is 9.84 Å². The molecule has 4 heteroatoms. The topological polar surface area (TPSA) is 45.6 Å². The summed E-state index contributed by atoms with van der Waals surface area (Å²) in [6.45, 7) is 6.16. The maximum atomic E-state index is 10.3. The van der Waals surface area contributed by atoms with Crippen LogP contribution >= 0.6 is 0 Å². The number of rotatable bonds is 2. The maximum Gasteiger partial charge on any atom is 0.0974 e. The minimum absolute atomic E-state index is 0.0767. The van der Waals surface area contributed by atoms with E-state index in [0.29, 0.717) is 17.9 Å². The first kappa shape index (κ1) is 22.0. The second kappa shape index (κ2) is 7.09. The molecule has 188 valence electrons. The number of β-amino-alcohol motifs (C(OH)–C–C–N with tert-alkyl or cyclic N) is 1. The molecule has 0 amide bonds. The van der Waals surface area contributed by atoms with Crippen LogP contribution in [0.4, 0.5) is 0 Å². The molecule has 3 aliphatic carbocycles. The van der Waals surface area contributed by atoms with E-state index < -0.39 is 5.60 Å². The quantitative estimate of drug-likeness (QED) is 0.578. The van der Waals surface area contributed by atoms with Gasteiger partial charge in [-0.15, -0.1) is 0 Å². The minimum atomic E-state index is -0.503. The Balaban J connectivity index is 1.13. The Morgan fingerprint density at radius 1 is 1.06 bits per heavy atom. The van der Waals surface area contributed by atoms with Gasteiger partial charge in [-0.05, 0) is 110 Å². The van der Waals surface area contributed by atoms with Crippen LogP contribution in [0.3, 0.4) is 0 Å². The Kier molecular flexibility index (Phi) is 4.34. The van der Waals surface area contributed by atoms with Crippen molar-refractivity contribution in [1.82, 2.24) is 9.88 Å². The number of hydrogen-bond acceptors (Lipinski definition) is 4. The minimum Gasteiger partial charge on any atom is -0.388 e. The lowest BCUT2D eigenvalue weighted by Crippen LogP contribution is -2.65. The number of benzene rings is 1. The SMILES string of the molecule is CC1(O)CN(C2CCC3=CC4=CCC5(C)C(c6ccc7ccncc7c6)CC[C@H]5[C@@]45CC[C@]3(C2)O5)C1. The normalized spacial score (nSPS) is 42.7. The van der Waals surface area contributed by atoms with Gasteiger partial charge in [-0.1, -0.05) is 31.2 Å². The summed E-state index contributed by atoms with van der Waals surface area (Å²) in [7, 11) is 0. The summed E-state index contributed by atoms with van der Waals surface area (Å²) in [6, 6.07) is 9.73. The highest BCUT2D eigenvalue weighted by molar-refractivity contribution is 5.82. The van der Waals surface area contributed by atoms with E-state index in [1.54, 1.807) is 5.57 Å². The van der Waals surface area contributed by atoms with Gasteiger partial charge >= 0.3 is 0 Å². The number of ether oxygens (including phenoxy) is 1. The van der Waals surface area contributed by atoms with Crippen molar-refractivity contribution in [2.45, 2.75) is 94.0 Å². The molecule has 1 aromatic heterocycles. The fraction of sp³-hybridized carbons (Fsp3) is 0.594. The van der Waals surface area contributed by atoms with Crippen LogP contribution in [0.5, 0.6) is 0 Å². The van der Waals surface area contributed by atoms with Crippen LogP contribution in [0.25, 0.3) is 10.8 Å². The number of likely N-dealkylation sites (tertiary alicyclic amines) is 1. The summed E-state index contributed by atoms with van der Waals surface area (Å²) < 4.78 is 7.48. The van der Waals surface area contributed by atoms with Crippen molar-refractivity contribution >= 4 is 10.8 Å². The molecule has 3 unspecified atom stereocenters. The number of pyridine rings is 1. The van der Waals surface area contributed by atoms with E-state index in [0.717, 1.165) is 45.2 Å². The van der Waals surface area contributed by atoms with E-state index in [4.69, 9.17) is 4.74 Å². The van der Waals surface area contributed by atoms with Gasteiger partial charge < -0.3 is 9.84 Å². The van der Waals surface area contributed by atoms with E-state index in [-0.39, 0.29) is 16.6 Å². The van der Waals surface area contributed by atoms with Crippen LogP contribution < -0.4 is 0 Å². The van der Waals surface area contributed by atoms with E-state index in [1.807, 2.05) is 19.3 Å². The van der Waals surface area contributed by atoms with Gasteiger partial charge in [0.15, 0.2) is 0 Å². The van der Waals surface area contributed by atoms with Gasteiger partial charge in [-0.3, -0.25) is 9.88 Å². The second-order valence-electron chi connectivity index (χ2n) is 13.5. The average molecular weight is 483 g/mol. The summed E-state index contributed by atoms with van der Waals surface area (Å²) in [6.07, 6.45) is 18.5. The first-order valence-electron chi connectivity index (χ1n) is 14.2. The largest absolute Gasteiger partial charge is 0.388 e. The Bertz CT molecular complexity index is 1320. The third kappa shape index (κ3) is 2.84. The van der Waals surface area contributed by atoms with Crippen LogP contribution in [0.15, 0.2) is 60.0 Å².